The van der Waals surface area contributed by atoms with Crippen LogP contribution < -0.4 is 16.0 Å². The van der Waals surface area contributed by atoms with E-state index < -0.39 is 0 Å². The lowest BCUT2D eigenvalue weighted by atomic mass is 9.87. The highest BCUT2D eigenvalue weighted by Gasteiger charge is 2.14. The van der Waals surface area contributed by atoms with Crippen molar-refractivity contribution in [2.45, 2.75) is 46.1 Å². The Balaban J connectivity index is 1.46. The number of carbonyl (C=O) groups is 3. The van der Waals surface area contributed by atoms with Crippen molar-refractivity contribution in [3.63, 3.8) is 0 Å². The Kier molecular flexibility index (Phi) is 8.17. The Morgan fingerprint density at radius 2 is 1.62 bits per heavy atom. The quantitative estimate of drug-likeness (QED) is 0.444. The van der Waals surface area contributed by atoms with E-state index in [-0.39, 0.29) is 36.1 Å². The highest BCUT2D eigenvalue weighted by Crippen LogP contribution is 2.25. The molecule has 0 saturated heterocycles. The molecule has 3 rings (SSSR count). The van der Waals surface area contributed by atoms with Crippen LogP contribution in [0.4, 0.5) is 5.13 Å². The lowest BCUT2D eigenvalue weighted by Crippen LogP contribution is -2.27. The highest BCUT2D eigenvalue weighted by molar-refractivity contribution is 7.14. The first-order chi connectivity index (χ1) is 16.1. The third kappa shape index (κ3) is 7.25. The number of rotatable bonds is 8. The van der Waals surface area contributed by atoms with Crippen molar-refractivity contribution in [1.82, 2.24) is 15.6 Å². The monoisotopic (exact) mass is 478 g/mol. The van der Waals surface area contributed by atoms with Gasteiger partial charge in [-0.25, -0.2) is 4.98 Å². The molecule has 7 nitrogen and oxygen atoms in total. The van der Waals surface area contributed by atoms with Crippen molar-refractivity contribution < 1.29 is 14.4 Å². The van der Waals surface area contributed by atoms with Crippen LogP contribution in [0.5, 0.6) is 0 Å². The molecule has 0 bridgehead atoms. The summed E-state index contributed by atoms with van der Waals surface area (Å²) in [6.07, 6.45) is 0.151. The maximum Gasteiger partial charge on any atom is 0.251 e. The van der Waals surface area contributed by atoms with Crippen LogP contribution in [0.15, 0.2) is 53.9 Å². The smallest absolute Gasteiger partial charge is 0.251 e. The maximum atomic E-state index is 12.3. The number of carbonyl (C=O) groups excluding carboxylic acids is 3. The van der Waals surface area contributed by atoms with Gasteiger partial charge in [-0.15, -0.1) is 11.3 Å². The second kappa shape index (κ2) is 11.1. The molecule has 178 valence electrons. The van der Waals surface area contributed by atoms with Crippen LogP contribution in [-0.4, -0.2) is 29.3 Å². The minimum atomic E-state index is -0.213. The fraction of sp³-hybridized carbons (Fsp3) is 0.308. The van der Waals surface area contributed by atoms with Gasteiger partial charge < -0.3 is 16.0 Å². The standard InChI is InChI=1S/C26H30N4O3S/c1-17(31)28-15-18-5-7-19(8-6-18)22-16-34-25(29-22)30-23(32)13-14-27-24(33)20-9-11-21(12-10-20)26(2,3)4/h5-12,16H,13-15H2,1-4H3,(H,27,33)(H,28,31)(H,29,30,32). The molecule has 0 atom stereocenters. The van der Waals surface area contributed by atoms with Gasteiger partial charge in [0.2, 0.25) is 11.8 Å². The average molecular weight is 479 g/mol. The Hall–Kier alpha value is -3.52. The number of aromatic nitrogens is 1. The zero-order chi connectivity index (χ0) is 24.7. The van der Waals surface area contributed by atoms with E-state index in [1.807, 2.05) is 41.8 Å². The van der Waals surface area contributed by atoms with Gasteiger partial charge in [0.15, 0.2) is 5.13 Å². The topological polar surface area (TPSA) is 100 Å². The molecule has 3 aromatic rings. The minimum absolute atomic E-state index is 0.0278. The van der Waals surface area contributed by atoms with Crippen molar-refractivity contribution in [3.05, 3.63) is 70.6 Å². The van der Waals surface area contributed by atoms with Gasteiger partial charge in [0.25, 0.3) is 5.91 Å². The number of thiazole rings is 1. The molecule has 1 heterocycles. The second-order valence-corrected chi connectivity index (χ2v) is 9.88. The zero-order valence-electron chi connectivity index (χ0n) is 19.9. The predicted octanol–water partition coefficient (Wildman–Crippen LogP) is 4.50. The van der Waals surface area contributed by atoms with Gasteiger partial charge in [0, 0.05) is 42.9 Å². The SMILES string of the molecule is CC(=O)NCc1ccc(-c2csc(NC(=O)CCNC(=O)c3ccc(C(C)(C)C)cc3)n2)cc1. The Labute approximate surface area is 204 Å². The molecule has 0 aliphatic rings. The van der Waals surface area contributed by atoms with Crippen LogP contribution >= 0.6 is 11.3 Å². The summed E-state index contributed by atoms with van der Waals surface area (Å²) in [5.74, 6) is -0.486. The van der Waals surface area contributed by atoms with E-state index in [0.717, 1.165) is 22.4 Å². The van der Waals surface area contributed by atoms with Crippen molar-refractivity contribution in [2.75, 3.05) is 11.9 Å². The van der Waals surface area contributed by atoms with E-state index in [1.54, 1.807) is 12.1 Å². The molecule has 3 amide bonds. The molecule has 8 heteroatoms. The summed E-state index contributed by atoms with van der Waals surface area (Å²) in [6.45, 7) is 8.57. The van der Waals surface area contributed by atoms with Gasteiger partial charge in [-0.2, -0.15) is 0 Å². The Morgan fingerprint density at radius 3 is 2.24 bits per heavy atom. The fourth-order valence-corrected chi connectivity index (χ4v) is 3.91. The number of anilines is 1. The van der Waals surface area contributed by atoms with Crippen molar-refractivity contribution >= 4 is 34.2 Å². The first-order valence-electron chi connectivity index (χ1n) is 11.1. The normalized spacial score (nSPS) is 11.1. The van der Waals surface area contributed by atoms with E-state index in [4.69, 9.17) is 0 Å². The molecular formula is C26H30N4O3S. The number of nitrogens with zero attached hydrogens (tertiary/aromatic N) is 1. The number of benzene rings is 2. The lowest BCUT2D eigenvalue weighted by Gasteiger charge is -2.19. The molecule has 0 aliphatic heterocycles. The van der Waals surface area contributed by atoms with Crippen LogP contribution in [0.2, 0.25) is 0 Å². The third-order valence-electron chi connectivity index (χ3n) is 5.19. The molecule has 0 aliphatic carbocycles. The second-order valence-electron chi connectivity index (χ2n) is 9.03. The fourth-order valence-electron chi connectivity index (χ4n) is 3.18. The van der Waals surface area contributed by atoms with Gasteiger partial charge in [0.1, 0.15) is 0 Å². The first-order valence-corrected chi connectivity index (χ1v) is 12.0. The van der Waals surface area contributed by atoms with Crippen LogP contribution in [0, 0.1) is 0 Å². The van der Waals surface area contributed by atoms with Gasteiger partial charge in [-0.3, -0.25) is 14.4 Å². The van der Waals surface area contributed by atoms with E-state index in [1.165, 1.54) is 18.3 Å². The Bertz CT molecular complexity index is 1150. The van der Waals surface area contributed by atoms with E-state index in [9.17, 15) is 14.4 Å². The largest absolute Gasteiger partial charge is 0.352 e. The molecule has 0 fully saturated rings. The van der Waals surface area contributed by atoms with Crippen molar-refractivity contribution in [1.29, 1.82) is 0 Å². The first kappa shape index (κ1) is 25.1. The molecule has 2 aromatic carbocycles. The molecule has 34 heavy (non-hydrogen) atoms. The van der Waals surface area contributed by atoms with Crippen molar-refractivity contribution in [2.24, 2.45) is 0 Å². The van der Waals surface area contributed by atoms with Crippen LogP contribution in [0.3, 0.4) is 0 Å². The van der Waals surface area contributed by atoms with Gasteiger partial charge in [-0.1, -0.05) is 57.2 Å². The summed E-state index contributed by atoms with van der Waals surface area (Å²) in [7, 11) is 0. The molecule has 0 spiro atoms. The van der Waals surface area contributed by atoms with E-state index in [2.05, 4.69) is 41.7 Å². The van der Waals surface area contributed by atoms with Crippen molar-refractivity contribution in [3.8, 4) is 11.3 Å². The molecule has 0 radical (unpaired) electrons. The lowest BCUT2D eigenvalue weighted by molar-refractivity contribution is -0.119. The third-order valence-corrected chi connectivity index (χ3v) is 5.95. The van der Waals surface area contributed by atoms with E-state index in [0.29, 0.717) is 17.2 Å². The average Bonchev–Trinajstić information content (AvgIpc) is 3.25. The van der Waals surface area contributed by atoms with Crippen LogP contribution in [0.1, 0.15) is 55.6 Å². The van der Waals surface area contributed by atoms with Crippen LogP contribution in [0.25, 0.3) is 11.3 Å². The number of hydrogen-bond acceptors (Lipinski definition) is 5. The predicted molar refractivity (Wildman–Crippen MR) is 136 cm³/mol. The number of nitrogens with one attached hydrogen (secondary N) is 3. The Morgan fingerprint density at radius 1 is 0.941 bits per heavy atom. The molecular weight excluding hydrogens is 448 g/mol. The number of hydrogen-bond donors (Lipinski definition) is 3. The molecule has 0 unspecified atom stereocenters. The molecule has 0 saturated carbocycles. The van der Waals surface area contributed by atoms with Gasteiger partial charge in [0.05, 0.1) is 5.69 Å². The zero-order valence-corrected chi connectivity index (χ0v) is 20.7. The summed E-state index contributed by atoms with van der Waals surface area (Å²) < 4.78 is 0. The summed E-state index contributed by atoms with van der Waals surface area (Å²) in [6, 6.07) is 15.3. The summed E-state index contributed by atoms with van der Waals surface area (Å²) in [5.41, 5.74) is 4.44. The van der Waals surface area contributed by atoms with Crippen LogP contribution in [-0.2, 0) is 21.5 Å². The maximum absolute atomic E-state index is 12.3. The van der Waals surface area contributed by atoms with Gasteiger partial charge >= 0.3 is 0 Å². The number of amides is 3. The van der Waals surface area contributed by atoms with Gasteiger partial charge in [-0.05, 0) is 28.7 Å². The van der Waals surface area contributed by atoms with E-state index >= 15 is 0 Å². The molecule has 3 N–H and O–H groups in total. The minimum Gasteiger partial charge on any atom is -0.352 e. The molecule has 1 aromatic heterocycles. The highest BCUT2D eigenvalue weighted by atomic mass is 32.1. The summed E-state index contributed by atoms with van der Waals surface area (Å²) in [5, 5.41) is 10.7. The summed E-state index contributed by atoms with van der Waals surface area (Å²) in [4.78, 5) is 40.1. The summed E-state index contributed by atoms with van der Waals surface area (Å²) >= 11 is 1.34.